The Kier molecular flexibility index (Phi) is 4.79. The number of aromatic nitrogens is 1. The Hall–Kier alpha value is -1.25. The first-order chi connectivity index (χ1) is 7.74. The number of nitrogens with zero attached hydrogens (tertiary/aromatic N) is 1. The lowest BCUT2D eigenvalue weighted by molar-refractivity contribution is 0.920. The van der Waals surface area contributed by atoms with Crippen molar-refractivity contribution < 1.29 is 0 Å². The van der Waals surface area contributed by atoms with E-state index in [2.05, 4.69) is 48.7 Å². The van der Waals surface area contributed by atoms with E-state index in [1.807, 2.05) is 6.07 Å². The van der Waals surface area contributed by atoms with Gasteiger partial charge in [0, 0.05) is 17.1 Å². The molecule has 0 saturated heterocycles. The molecule has 0 aliphatic heterocycles. The Morgan fingerprint density at radius 3 is 2.35 bits per heavy atom. The maximum absolute atomic E-state index is 5.62. The van der Waals surface area contributed by atoms with E-state index in [-0.39, 0.29) is 12.4 Å². The van der Waals surface area contributed by atoms with Crippen LogP contribution >= 0.6 is 12.4 Å². The van der Waals surface area contributed by atoms with E-state index in [0.29, 0.717) is 6.54 Å². The Morgan fingerprint density at radius 1 is 1.12 bits per heavy atom. The van der Waals surface area contributed by atoms with Gasteiger partial charge < -0.3 is 10.3 Å². The average Bonchev–Trinajstić information content (AvgIpc) is 2.56. The van der Waals surface area contributed by atoms with Crippen LogP contribution in [0.4, 0.5) is 0 Å². The minimum absolute atomic E-state index is 0. The van der Waals surface area contributed by atoms with E-state index >= 15 is 0 Å². The predicted octanol–water partition coefficient (Wildman–Crippen LogP) is 3.02. The Bertz CT molecular complexity index is 474. The summed E-state index contributed by atoms with van der Waals surface area (Å²) in [5.41, 5.74) is 10.8. The number of para-hydroxylation sites is 1. The van der Waals surface area contributed by atoms with Gasteiger partial charge in [-0.1, -0.05) is 18.2 Å². The second-order valence-electron chi connectivity index (χ2n) is 4.11. The van der Waals surface area contributed by atoms with Crippen LogP contribution < -0.4 is 5.73 Å². The van der Waals surface area contributed by atoms with Crippen molar-refractivity contribution in [3.8, 4) is 5.69 Å². The standard InChI is InChI=1S/C14H18N2.ClH/c1-11-10-13(8-9-15)12(2)16(11)14-6-4-3-5-7-14;/h3-7,10H,8-9,15H2,1-2H3;1H. The third-order valence-corrected chi connectivity index (χ3v) is 2.96. The first kappa shape index (κ1) is 13.8. The van der Waals surface area contributed by atoms with E-state index in [4.69, 9.17) is 5.73 Å². The summed E-state index contributed by atoms with van der Waals surface area (Å²) in [4.78, 5) is 0. The van der Waals surface area contributed by atoms with Gasteiger partial charge in [0.1, 0.15) is 0 Å². The number of hydrogen-bond acceptors (Lipinski definition) is 1. The van der Waals surface area contributed by atoms with Gasteiger partial charge in [0.2, 0.25) is 0 Å². The largest absolute Gasteiger partial charge is 0.330 e. The highest BCUT2D eigenvalue weighted by Gasteiger charge is 2.09. The molecule has 0 atom stereocenters. The van der Waals surface area contributed by atoms with Gasteiger partial charge in [0.15, 0.2) is 0 Å². The minimum Gasteiger partial charge on any atom is -0.330 e. The summed E-state index contributed by atoms with van der Waals surface area (Å²) in [6.45, 7) is 5.00. The molecule has 0 bridgehead atoms. The molecular formula is C14H19ClN2. The zero-order chi connectivity index (χ0) is 11.5. The lowest BCUT2D eigenvalue weighted by atomic mass is 10.2. The zero-order valence-electron chi connectivity index (χ0n) is 10.3. The molecule has 1 aromatic heterocycles. The maximum Gasteiger partial charge on any atom is 0.0455 e. The first-order valence-corrected chi connectivity index (χ1v) is 5.67. The SMILES string of the molecule is Cc1cc(CCN)c(C)n1-c1ccccc1.Cl. The molecule has 2 aromatic rings. The summed E-state index contributed by atoms with van der Waals surface area (Å²) < 4.78 is 2.28. The van der Waals surface area contributed by atoms with Crippen LogP contribution in [0.15, 0.2) is 36.4 Å². The molecule has 0 fully saturated rings. The fourth-order valence-electron chi connectivity index (χ4n) is 2.21. The smallest absolute Gasteiger partial charge is 0.0455 e. The van der Waals surface area contributed by atoms with Gasteiger partial charge in [0.05, 0.1) is 0 Å². The van der Waals surface area contributed by atoms with Crippen molar-refractivity contribution in [2.45, 2.75) is 20.3 Å². The van der Waals surface area contributed by atoms with Gasteiger partial charge in [-0.05, 0) is 50.6 Å². The maximum atomic E-state index is 5.62. The summed E-state index contributed by atoms with van der Waals surface area (Å²) in [6, 6.07) is 12.7. The van der Waals surface area contributed by atoms with E-state index in [1.165, 1.54) is 22.6 Å². The summed E-state index contributed by atoms with van der Waals surface area (Å²) in [7, 11) is 0. The quantitative estimate of drug-likeness (QED) is 0.892. The second kappa shape index (κ2) is 5.89. The van der Waals surface area contributed by atoms with Crippen molar-refractivity contribution in [2.75, 3.05) is 6.54 Å². The van der Waals surface area contributed by atoms with E-state index in [1.54, 1.807) is 0 Å². The fourth-order valence-corrected chi connectivity index (χ4v) is 2.21. The van der Waals surface area contributed by atoms with E-state index in [9.17, 15) is 0 Å². The number of hydrogen-bond donors (Lipinski definition) is 1. The Balaban J connectivity index is 0.00000144. The molecule has 0 unspecified atom stereocenters. The summed E-state index contributed by atoms with van der Waals surface area (Å²) >= 11 is 0. The lowest BCUT2D eigenvalue weighted by Crippen LogP contribution is -2.04. The molecule has 1 aromatic carbocycles. The van der Waals surface area contributed by atoms with Gasteiger partial charge in [-0.2, -0.15) is 0 Å². The van der Waals surface area contributed by atoms with Crippen molar-refractivity contribution in [3.63, 3.8) is 0 Å². The number of nitrogens with two attached hydrogens (primary N) is 1. The highest BCUT2D eigenvalue weighted by Crippen LogP contribution is 2.20. The molecule has 2 N–H and O–H groups in total. The van der Waals surface area contributed by atoms with Crippen LogP contribution in [-0.4, -0.2) is 11.1 Å². The molecule has 2 nitrogen and oxygen atoms in total. The topological polar surface area (TPSA) is 30.9 Å². The third-order valence-electron chi connectivity index (χ3n) is 2.96. The van der Waals surface area contributed by atoms with Gasteiger partial charge >= 0.3 is 0 Å². The molecule has 92 valence electrons. The van der Waals surface area contributed by atoms with Crippen LogP contribution in [0.2, 0.25) is 0 Å². The molecule has 0 amide bonds. The lowest BCUT2D eigenvalue weighted by Gasteiger charge is -2.09. The van der Waals surface area contributed by atoms with Crippen LogP contribution in [0, 0.1) is 13.8 Å². The Labute approximate surface area is 109 Å². The normalized spacial score (nSPS) is 10.1. The number of benzene rings is 1. The summed E-state index contributed by atoms with van der Waals surface area (Å²) in [6.07, 6.45) is 0.951. The molecule has 2 rings (SSSR count). The molecule has 17 heavy (non-hydrogen) atoms. The van der Waals surface area contributed by atoms with Crippen molar-refractivity contribution in [1.29, 1.82) is 0 Å². The highest BCUT2D eigenvalue weighted by atomic mass is 35.5. The zero-order valence-corrected chi connectivity index (χ0v) is 11.1. The third kappa shape index (κ3) is 2.71. The molecule has 1 heterocycles. The molecule has 0 saturated carbocycles. The monoisotopic (exact) mass is 250 g/mol. The number of rotatable bonds is 3. The first-order valence-electron chi connectivity index (χ1n) is 5.67. The average molecular weight is 251 g/mol. The summed E-state index contributed by atoms with van der Waals surface area (Å²) in [5, 5.41) is 0. The molecule has 3 heteroatoms. The molecular weight excluding hydrogens is 232 g/mol. The molecule has 0 aliphatic rings. The van der Waals surface area contributed by atoms with Crippen LogP contribution in [0.5, 0.6) is 0 Å². The van der Waals surface area contributed by atoms with Crippen LogP contribution in [0.1, 0.15) is 17.0 Å². The van der Waals surface area contributed by atoms with Crippen molar-refractivity contribution in [2.24, 2.45) is 5.73 Å². The van der Waals surface area contributed by atoms with Crippen molar-refractivity contribution in [3.05, 3.63) is 53.3 Å². The van der Waals surface area contributed by atoms with Crippen LogP contribution in [0.3, 0.4) is 0 Å². The molecule has 0 spiro atoms. The van der Waals surface area contributed by atoms with Gasteiger partial charge in [-0.25, -0.2) is 0 Å². The van der Waals surface area contributed by atoms with Crippen molar-refractivity contribution in [1.82, 2.24) is 4.57 Å². The van der Waals surface area contributed by atoms with Gasteiger partial charge in [0.25, 0.3) is 0 Å². The number of aryl methyl sites for hydroxylation is 1. The minimum atomic E-state index is 0. The van der Waals surface area contributed by atoms with Gasteiger partial charge in [-0.15, -0.1) is 12.4 Å². The van der Waals surface area contributed by atoms with Crippen LogP contribution in [-0.2, 0) is 6.42 Å². The Morgan fingerprint density at radius 2 is 1.76 bits per heavy atom. The fraction of sp³-hybridized carbons (Fsp3) is 0.286. The predicted molar refractivity (Wildman–Crippen MR) is 75.2 cm³/mol. The van der Waals surface area contributed by atoms with Crippen LogP contribution in [0.25, 0.3) is 5.69 Å². The highest BCUT2D eigenvalue weighted by molar-refractivity contribution is 5.85. The summed E-state index contributed by atoms with van der Waals surface area (Å²) in [5.74, 6) is 0. The second-order valence-corrected chi connectivity index (χ2v) is 4.11. The van der Waals surface area contributed by atoms with E-state index in [0.717, 1.165) is 6.42 Å². The van der Waals surface area contributed by atoms with E-state index < -0.39 is 0 Å². The molecule has 0 aliphatic carbocycles. The van der Waals surface area contributed by atoms with Crippen molar-refractivity contribution >= 4 is 12.4 Å². The number of halogens is 1. The molecule has 0 radical (unpaired) electrons. The van der Waals surface area contributed by atoms with Gasteiger partial charge in [-0.3, -0.25) is 0 Å².